The lowest BCUT2D eigenvalue weighted by Crippen LogP contribution is -2.24. The van der Waals surface area contributed by atoms with Crippen LogP contribution in [-0.2, 0) is 4.79 Å². The van der Waals surface area contributed by atoms with Crippen molar-refractivity contribution in [3.8, 4) is 0 Å². The molecule has 2 aromatic rings. The van der Waals surface area contributed by atoms with E-state index in [0.717, 1.165) is 36.9 Å². The van der Waals surface area contributed by atoms with Crippen molar-refractivity contribution in [2.75, 3.05) is 5.32 Å². The zero-order valence-electron chi connectivity index (χ0n) is 14.8. The van der Waals surface area contributed by atoms with Gasteiger partial charge in [-0.15, -0.1) is 11.3 Å². The highest BCUT2D eigenvalue weighted by Crippen LogP contribution is 2.25. The number of carbonyl (C=O) groups is 2. The molecular weight excluding hydrogens is 346 g/mol. The third-order valence-electron chi connectivity index (χ3n) is 4.62. The number of hydrogen-bond acceptors (Lipinski definition) is 4. The minimum Gasteiger partial charge on any atom is -0.326 e. The molecule has 0 radical (unpaired) electrons. The fraction of sp³-hybridized carbons (Fsp3) is 0.350. The maximum absolute atomic E-state index is 12.3. The van der Waals surface area contributed by atoms with Gasteiger partial charge in [0.1, 0.15) is 0 Å². The number of hydrazone groups is 1. The molecule has 0 atom stereocenters. The molecule has 6 heteroatoms. The van der Waals surface area contributed by atoms with Crippen LogP contribution in [0.1, 0.15) is 54.3 Å². The first kappa shape index (κ1) is 18.3. The Balaban J connectivity index is 1.57. The molecule has 1 aliphatic rings. The van der Waals surface area contributed by atoms with Crippen LogP contribution in [0.4, 0.5) is 5.69 Å². The first-order chi connectivity index (χ1) is 12.6. The van der Waals surface area contributed by atoms with E-state index >= 15 is 0 Å². The summed E-state index contributed by atoms with van der Waals surface area (Å²) in [5.74, 6) is 0.0426. The SMILES string of the molecule is CC(=NNC(=O)c1cccs1)c1ccc(NC(=O)C2CCCCC2)cc1. The first-order valence-corrected chi connectivity index (χ1v) is 9.81. The van der Waals surface area contributed by atoms with Gasteiger partial charge in [-0.3, -0.25) is 9.59 Å². The molecule has 3 rings (SSSR count). The molecular formula is C20H23N3O2S. The summed E-state index contributed by atoms with van der Waals surface area (Å²) in [7, 11) is 0. The van der Waals surface area contributed by atoms with E-state index < -0.39 is 0 Å². The molecule has 2 amide bonds. The third-order valence-corrected chi connectivity index (χ3v) is 5.48. The van der Waals surface area contributed by atoms with Crippen LogP contribution in [0.15, 0.2) is 46.9 Å². The second kappa shape index (κ2) is 8.76. The molecule has 1 heterocycles. The number of carbonyl (C=O) groups excluding carboxylic acids is 2. The Morgan fingerprint density at radius 2 is 1.81 bits per heavy atom. The number of nitrogens with one attached hydrogen (secondary N) is 2. The van der Waals surface area contributed by atoms with Crippen LogP contribution in [-0.4, -0.2) is 17.5 Å². The molecule has 0 unspecified atom stereocenters. The van der Waals surface area contributed by atoms with Gasteiger partial charge in [0, 0.05) is 11.6 Å². The molecule has 5 nitrogen and oxygen atoms in total. The quantitative estimate of drug-likeness (QED) is 0.605. The van der Waals surface area contributed by atoms with E-state index in [1.54, 1.807) is 6.07 Å². The van der Waals surface area contributed by atoms with Gasteiger partial charge in [-0.05, 0) is 48.9 Å². The van der Waals surface area contributed by atoms with E-state index in [1.165, 1.54) is 17.8 Å². The van der Waals surface area contributed by atoms with Gasteiger partial charge in [-0.1, -0.05) is 37.5 Å². The Labute approximate surface area is 157 Å². The maximum Gasteiger partial charge on any atom is 0.281 e. The van der Waals surface area contributed by atoms with Crippen LogP contribution in [0.5, 0.6) is 0 Å². The maximum atomic E-state index is 12.3. The number of thiophene rings is 1. The zero-order valence-corrected chi connectivity index (χ0v) is 15.6. The number of anilines is 1. The second-order valence-corrected chi connectivity index (χ2v) is 7.46. The van der Waals surface area contributed by atoms with Crippen molar-refractivity contribution in [3.05, 3.63) is 52.2 Å². The Hall–Kier alpha value is -2.47. The van der Waals surface area contributed by atoms with Crippen LogP contribution >= 0.6 is 11.3 Å². The van der Waals surface area contributed by atoms with E-state index in [9.17, 15) is 9.59 Å². The smallest absolute Gasteiger partial charge is 0.281 e. The molecule has 1 fully saturated rings. The van der Waals surface area contributed by atoms with Crippen LogP contribution < -0.4 is 10.7 Å². The fourth-order valence-electron chi connectivity index (χ4n) is 3.07. The zero-order chi connectivity index (χ0) is 18.4. The molecule has 26 heavy (non-hydrogen) atoms. The van der Waals surface area contributed by atoms with Crippen LogP contribution in [0.3, 0.4) is 0 Å². The minimum absolute atomic E-state index is 0.117. The lowest BCUT2D eigenvalue weighted by molar-refractivity contribution is -0.120. The van der Waals surface area contributed by atoms with E-state index in [4.69, 9.17) is 0 Å². The number of benzene rings is 1. The summed E-state index contributed by atoms with van der Waals surface area (Å²) in [5, 5.41) is 9.00. The standard InChI is InChI=1S/C20H23N3O2S/c1-14(22-23-20(25)18-8-5-13-26-18)15-9-11-17(12-10-15)21-19(24)16-6-3-2-4-7-16/h5,8-13,16H,2-4,6-7H2,1H3,(H,21,24)(H,23,25). The monoisotopic (exact) mass is 369 g/mol. The van der Waals surface area contributed by atoms with Crippen molar-refractivity contribution in [1.82, 2.24) is 5.43 Å². The van der Waals surface area contributed by atoms with Crippen molar-refractivity contribution in [3.63, 3.8) is 0 Å². The van der Waals surface area contributed by atoms with Gasteiger partial charge in [0.2, 0.25) is 5.91 Å². The van der Waals surface area contributed by atoms with Gasteiger partial charge < -0.3 is 5.32 Å². The molecule has 1 aromatic carbocycles. The van der Waals surface area contributed by atoms with Gasteiger partial charge in [0.25, 0.3) is 5.91 Å². The molecule has 136 valence electrons. The summed E-state index contributed by atoms with van der Waals surface area (Å²) in [5.41, 5.74) is 4.96. The van der Waals surface area contributed by atoms with Crippen LogP contribution in [0.2, 0.25) is 0 Å². The van der Waals surface area contributed by atoms with Gasteiger partial charge in [0.15, 0.2) is 0 Å². The Morgan fingerprint density at radius 3 is 2.46 bits per heavy atom. The van der Waals surface area contributed by atoms with E-state index in [1.807, 2.05) is 42.6 Å². The topological polar surface area (TPSA) is 70.6 Å². The predicted octanol–water partition coefficient (Wildman–Crippen LogP) is 4.42. The third kappa shape index (κ3) is 4.79. The largest absolute Gasteiger partial charge is 0.326 e. The predicted molar refractivity (Wildman–Crippen MR) is 106 cm³/mol. The van der Waals surface area contributed by atoms with E-state index in [0.29, 0.717) is 10.6 Å². The lowest BCUT2D eigenvalue weighted by atomic mass is 9.88. The molecule has 1 aliphatic carbocycles. The van der Waals surface area contributed by atoms with E-state index in [-0.39, 0.29) is 17.7 Å². The second-order valence-electron chi connectivity index (χ2n) is 6.52. The molecule has 0 bridgehead atoms. The molecule has 1 saturated carbocycles. The Bertz CT molecular complexity index is 776. The highest BCUT2D eigenvalue weighted by atomic mass is 32.1. The average molecular weight is 369 g/mol. The summed E-state index contributed by atoms with van der Waals surface area (Å²) >= 11 is 1.38. The summed E-state index contributed by atoms with van der Waals surface area (Å²) in [4.78, 5) is 24.8. The summed E-state index contributed by atoms with van der Waals surface area (Å²) < 4.78 is 0. The molecule has 0 aliphatic heterocycles. The normalized spacial score (nSPS) is 15.5. The lowest BCUT2D eigenvalue weighted by Gasteiger charge is -2.20. The van der Waals surface area contributed by atoms with Crippen molar-refractivity contribution in [2.45, 2.75) is 39.0 Å². The van der Waals surface area contributed by atoms with E-state index in [2.05, 4.69) is 15.8 Å². The minimum atomic E-state index is -0.212. The number of amides is 2. The highest BCUT2D eigenvalue weighted by molar-refractivity contribution is 7.12. The van der Waals surface area contributed by atoms with Crippen LogP contribution in [0.25, 0.3) is 0 Å². The number of rotatable bonds is 5. The van der Waals surface area contributed by atoms with Crippen molar-refractivity contribution >= 4 is 34.6 Å². The highest BCUT2D eigenvalue weighted by Gasteiger charge is 2.20. The van der Waals surface area contributed by atoms with Crippen molar-refractivity contribution in [1.29, 1.82) is 0 Å². The summed E-state index contributed by atoms with van der Waals surface area (Å²) in [6, 6.07) is 11.1. The van der Waals surface area contributed by atoms with Gasteiger partial charge in [-0.25, -0.2) is 5.43 Å². The summed E-state index contributed by atoms with van der Waals surface area (Å²) in [6.07, 6.45) is 5.49. The Kier molecular flexibility index (Phi) is 6.17. The Morgan fingerprint density at radius 1 is 1.08 bits per heavy atom. The molecule has 2 N–H and O–H groups in total. The number of hydrogen-bond donors (Lipinski definition) is 2. The average Bonchev–Trinajstić information content (AvgIpc) is 3.22. The van der Waals surface area contributed by atoms with Crippen LogP contribution in [0, 0.1) is 5.92 Å². The van der Waals surface area contributed by atoms with Crippen molar-refractivity contribution in [2.24, 2.45) is 11.0 Å². The molecule has 0 saturated heterocycles. The van der Waals surface area contributed by atoms with Crippen molar-refractivity contribution < 1.29 is 9.59 Å². The molecule has 0 spiro atoms. The van der Waals surface area contributed by atoms with Gasteiger partial charge >= 0.3 is 0 Å². The van der Waals surface area contributed by atoms with Gasteiger partial charge in [0.05, 0.1) is 10.6 Å². The summed E-state index contributed by atoms with van der Waals surface area (Å²) in [6.45, 7) is 1.84. The number of nitrogens with zero attached hydrogens (tertiary/aromatic N) is 1. The fourth-order valence-corrected chi connectivity index (χ4v) is 3.68. The molecule has 1 aromatic heterocycles. The van der Waals surface area contributed by atoms with Gasteiger partial charge in [-0.2, -0.15) is 5.10 Å². The first-order valence-electron chi connectivity index (χ1n) is 8.93.